The van der Waals surface area contributed by atoms with Crippen LogP contribution in [0.1, 0.15) is 29.5 Å². The van der Waals surface area contributed by atoms with Gasteiger partial charge in [-0.15, -0.1) is 0 Å². The van der Waals surface area contributed by atoms with Gasteiger partial charge in [-0.1, -0.05) is 54.6 Å². The highest BCUT2D eigenvalue weighted by molar-refractivity contribution is 5.78. The SMILES string of the molecule is O=C(Cc1ccc(CO)cc1)N1CCC([C@@H](O)Cc2ccccc2)CC1. The average Bonchev–Trinajstić information content (AvgIpc) is 2.69. The zero-order valence-electron chi connectivity index (χ0n) is 15.1. The standard InChI is InChI=1S/C22H27NO3/c24-16-19-8-6-18(7-9-19)15-22(26)23-12-10-20(11-13-23)21(25)14-17-4-2-1-3-5-17/h1-9,20-21,24-25H,10-16H2/t21-/m0/s1. The highest BCUT2D eigenvalue weighted by atomic mass is 16.3. The van der Waals surface area contributed by atoms with Gasteiger partial charge in [0.1, 0.15) is 0 Å². The molecule has 0 aliphatic carbocycles. The minimum Gasteiger partial charge on any atom is -0.392 e. The number of piperidine rings is 1. The minimum atomic E-state index is -0.347. The maximum Gasteiger partial charge on any atom is 0.226 e. The first kappa shape index (κ1) is 18.6. The van der Waals surface area contributed by atoms with Crippen molar-refractivity contribution in [3.05, 3.63) is 71.3 Å². The molecule has 4 nitrogen and oxygen atoms in total. The molecule has 0 spiro atoms. The number of benzene rings is 2. The molecule has 2 aromatic rings. The molecule has 0 unspecified atom stereocenters. The summed E-state index contributed by atoms with van der Waals surface area (Å²) in [6.45, 7) is 1.45. The maximum absolute atomic E-state index is 12.5. The summed E-state index contributed by atoms with van der Waals surface area (Å²) >= 11 is 0. The molecule has 0 saturated carbocycles. The van der Waals surface area contributed by atoms with Crippen LogP contribution in [0.4, 0.5) is 0 Å². The van der Waals surface area contributed by atoms with Gasteiger partial charge in [0, 0.05) is 13.1 Å². The van der Waals surface area contributed by atoms with Crippen molar-refractivity contribution < 1.29 is 15.0 Å². The fraction of sp³-hybridized carbons (Fsp3) is 0.409. The van der Waals surface area contributed by atoms with Crippen LogP contribution in [0, 0.1) is 5.92 Å². The van der Waals surface area contributed by atoms with Crippen molar-refractivity contribution in [2.24, 2.45) is 5.92 Å². The number of hydrogen-bond acceptors (Lipinski definition) is 3. The first-order valence-corrected chi connectivity index (χ1v) is 9.34. The number of nitrogens with zero attached hydrogens (tertiary/aromatic N) is 1. The third kappa shape index (κ3) is 4.93. The number of carbonyl (C=O) groups is 1. The average molecular weight is 353 g/mol. The molecular formula is C22H27NO3. The van der Waals surface area contributed by atoms with Gasteiger partial charge in [-0.2, -0.15) is 0 Å². The molecule has 1 atom stereocenters. The van der Waals surface area contributed by atoms with Gasteiger partial charge in [-0.3, -0.25) is 4.79 Å². The lowest BCUT2D eigenvalue weighted by Gasteiger charge is -2.34. The lowest BCUT2D eigenvalue weighted by molar-refractivity contribution is -0.132. The number of carbonyl (C=O) groups excluding carboxylic acids is 1. The van der Waals surface area contributed by atoms with E-state index in [2.05, 4.69) is 0 Å². The van der Waals surface area contributed by atoms with Crippen LogP contribution in [0.2, 0.25) is 0 Å². The van der Waals surface area contributed by atoms with Gasteiger partial charge in [0.25, 0.3) is 0 Å². The Hall–Kier alpha value is -2.17. The minimum absolute atomic E-state index is 0.0209. The Morgan fingerprint density at radius 2 is 1.58 bits per heavy atom. The summed E-state index contributed by atoms with van der Waals surface area (Å²) in [5, 5.41) is 19.6. The Kier molecular flexibility index (Phi) is 6.42. The van der Waals surface area contributed by atoms with Crippen LogP contribution in [0.15, 0.2) is 54.6 Å². The van der Waals surface area contributed by atoms with Gasteiger partial charge in [-0.05, 0) is 41.9 Å². The van der Waals surface area contributed by atoms with E-state index in [9.17, 15) is 9.90 Å². The second kappa shape index (κ2) is 8.97. The van der Waals surface area contributed by atoms with Crippen molar-refractivity contribution in [1.82, 2.24) is 4.90 Å². The Morgan fingerprint density at radius 1 is 0.962 bits per heavy atom. The van der Waals surface area contributed by atoms with Crippen LogP contribution in [0.5, 0.6) is 0 Å². The smallest absolute Gasteiger partial charge is 0.226 e. The van der Waals surface area contributed by atoms with Crippen molar-refractivity contribution in [2.75, 3.05) is 13.1 Å². The van der Waals surface area contributed by atoms with Crippen LogP contribution in [0.3, 0.4) is 0 Å². The van der Waals surface area contributed by atoms with Crippen LogP contribution in [-0.2, 0) is 24.2 Å². The second-order valence-electron chi connectivity index (χ2n) is 7.13. The second-order valence-corrected chi connectivity index (χ2v) is 7.13. The Labute approximate surface area is 155 Å². The van der Waals surface area contributed by atoms with Crippen molar-refractivity contribution in [1.29, 1.82) is 0 Å². The predicted molar refractivity (Wildman–Crippen MR) is 102 cm³/mol. The zero-order chi connectivity index (χ0) is 18.4. The molecule has 2 N–H and O–H groups in total. The van der Waals surface area contributed by atoms with Crippen LogP contribution >= 0.6 is 0 Å². The molecule has 0 bridgehead atoms. The predicted octanol–water partition coefficient (Wildman–Crippen LogP) is 2.56. The van der Waals surface area contributed by atoms with Crippen molar-refractivity contribution in [2.45, 2.75) is 38.4 Å². The van der Waals surface area contributed by atoms with Gasteiger partial charge in [0.05, 0.1) is 19.1 Å². The summed E-state index contributed by atoms with van der Waals surface area (Å²) in [5.74, 6) is 0.390. The molecule has 1 fully saturated rings. The summed E-state index contributed by atoms with van der Waals surface area (Å²) < 4.78 is 0. The Balaban J connectivity index is 1.47. The number of hydrogen-bond donors (Lipinski definition) is 2. The summed E-state index contributed by atoms with van der Waals surface area (Å²) in [4.78, 5) is 14.4. The number of likely N-dealkylation sites (tertiary alicyclic amines) is 1. The van der Waals surface area contributed by atoms with E-state index >= 15 is 0 Å². The largest absolute Gasteiger partial charge is 0.392 e. The topological polar surface area (TPSA) is 60.8 Å². The van der Waals surface area contributed by atoms with Crippen molar-refractivity contribution in [3.63, 3.8) is 0 Å². The van der Waals surface area contributed by atoms with E-state index in [1.165, 1.54) is 0 Å². The maximum atomic E-state index is 12.5. The molecule has 4 heteroatoms. The van der Waals surface area contributed by atoms with Crippen molar-refractivity contribution in [3.8, 4) is 0 Å². The first-order chi connectivity index (χ1) is 12.7. The quantitative estimate of drug-likeness (QED) is 0.839. The molecular weight excluding hydrogens is 326 g/mol. The molecule has 1 aliphatic rings. The number of amides is 1. The molecule has 138 valence electrons. The van der Waals surface area contributed by atoms with Crippen molar-refractivity contribution >= 4 is 5.91 Å². The summed E-state index contributed by atoms with van der Waals surface area (Å²) in [6.07, 6.45) is 2.42. The molecule has 1 saturated heterocycles. The molecule has 2 aromatic carbocycles. The van der Waals surface area contributed by atoms with Gasteiger partial charge in [-0.25, -0.2) is 0 Å². The molecule has 1 aliphatic heterocycles. The van der Waals surface area contributed by atoms with E-state index in [1.54, 1.807) is 0 Å². The van der Waals surface area contributed by atoms with Crippen LogP contribution in [0.25, 0.3) is 0 Å². The monoisotopic (exact) mass is 353 g/mol. The number of aliphatic hydroxyl groups excluding tert-OH is 2. The third-order valence-electron chi connectivity index (χ3n) is 5.29. The Morgan fingerprint density at radius 3 is 2.19 bits per heavy atom. The van der Waals surface area contributed by atoms with Gasteiger partial charge >= 0.3 is 0 Å². The number of rotatable bonds is 6. The Bertz CT molecular complexity index is 691. The fourth-order valence-electron chi connectivity index (χ4n) is 3.60. The molecule has 1 amide bonds. The van der Waals surface area contributed by atoms with E-state index < -0.39 is 0 Å². The van der Waals surface area contributed by atoms with Crippen LogP contribution in [-0.4, -0.2) is 40.2 Å². The molecule has 0 radical (unpaired) electrons. The first-order valence-electron chi connectivity index (χ1n) is 9.34. The van der Waals surface area contributed by atoms with Crippen LogP contribution < -0.4 is 0 Å². The van der Waals surface area contributed by atoms with E-state index in [1.807, 2.05) is 59.5 Å². The van der Waals surface area contributed by atoms with E-state index in [0.29, 0.717) is 25.9 Å². The lowest BCUT2D eigenvalue weighted by atomic mass is 9.88. The van der Waals surface area contributed by atoms with E-state index in [0.717, 1.165) is 29.5 Å². The van der Waals surface area contributed by atoms with Gasteiger partial charge in [0.15, 0.2) is 0 Å². The molecule has 0 aromatic heterocycles. The molecule has 3 rings (SSSR count). The highest BCUT2D eigenvalue weighted by Gasteiger charge is 2.27. The number of aliphatic hydroxyl groups is 2. The molecule has 1 heterocycles. The summed E-state index contributed by atoms with van der Waals surface area (Å²) in [7, 11) is 0. The van der Waals surface area contributed by atoms with Gasteiger partial charge in [0.2, 0.25) is 5.91 Å². The summed E-state index contributed by atoms with van der Waals surface area (Å²) in [5.41, 5.74) is 2.98. The highest BCUT2D eigenvalue weighted by Crippen LogP contribution is 2.23. The van der Waals surface area contributed by atoms with E-state index in [4.69, 9.17) is 5.11 Å². The fourth-order valence-corrected chi connectivity index (χ4v) is 3.60. The zero-order valence-corrected chi connectivity index (χ0v) is 15.1. The normalized spacial score (nSPS) is 16.5. The molecule has 26 heavy (non-hydrogen) atoms. The van der Waals surface area contributed by atoms with E-state index in [-0.39, 0.29) is 24.5 Å². The van der Waals surface area contributed by atoms with Gasteiger partial charge < -0.3 is 15.1 Å². The summed E-state index contributed by atoms with van der Waals surface area (Å²) in [6, 6.07) is 17.6. The third-order valence-corrected chi connectivity index (χ3v) is 5.29. The lowest BCUT2D eigenvalue weighted by Crippen LogP contribution is -2.42.